The number of hydrogen-bond acceptors (Lipinski definition) is 3. The molecule has 0 unspecified atom stereocenters. The molecule has 23 heavy (non-hydrogen) atoms. The maximum absolute atomic E-state index is 12.1. The molecule has 0 spiro atoms. The Hall–Kier alpha value is -2.18. The van der Waals surface area contributed by atoms with Crippen molar-refractivity contribution in [2.45, 2.75) is 6.92 Å². The number of hydrogen-bond donors (Lipinski definition) is 2. The molecule has 0 bridgehead atoms. The molecule has 0 radical (unpaired) electrons. The van der Waals surface area contributed by atoms with Crippen molar-refractivity contribution in [3.05, 3.63) is 62.6 Å². The van der Waals surface area contributed by atoms with Crippen LogP contribution in [0.3, 0.4) is 0 Å². The van der Waals surface area contributed by atoms with Crippen LogP contribution in [-0.4, -0.2) is 17.5 Å². The summed E-state index contributed by atoms with van der Waals surface area (Å²) in [7, 11) is 0. The van der Waals surface area contributed by atoms with Crippen LogP contribution in [0.25, 0.3) is 0 Å². The molecule has 0 saturated heterocycles. The maximum atomic E-state index is 12.1. The smallest absolute Gasteiger partial charge is 0.276 e. The fourth-order valence-corrected chi connectivity index (χ4v) is 3.11. The fourth-order valence-electron chi connectivity index (χ4n) is 2.31. The third kappa shape index (κ3) is 3.00. The number of benzene rings is 2. The Labute approximate surface area is 145 Å². The number of fused-ring (bicyclic) bond motifs is 1. The topological polar surface area (TPSA) is 70.6 Å². The summed E-state index contributed by atoms with van der Waals surface area (Å²) >= 11 is 9.36. The highest BCUT2D eigenvalue weighted by Gasteiger charge is 2.28. The van der Waals surface area contributed by atoms with Gasteiger partial charge in [0, 0.05) is 10.0 Å². The molecule has 2 N–H and O–H groups in total. The summed E-state index contributed by atoms with van der Waals surface area (Å²) in [6.07, 6.45) is 0. The monoisotopic (exact) mass is 391 g/mol. The van der Waals surface area contributed by atoms with E-state index in [0.29, 0.717) is 21.8 Å². The minimum Gasteiger partial charge on any atom is -0.320 e. The van der Waals surface area contributed by atoms with Gasteiger partial charge < -0.3 is 5.32 Å². The number of carbonyl (C=O) groups is 2. The van der Waals surface area contributed by atoms with Crippen LogP contribution in [0.5, 0.6) is 0 Å². The Morgan fingerprint density at radius 3 is 2.78 bits per heavy atom. The van der Waals surface area contributed by atoms with Crippen LogP contribution in [0.2, 0.25) is 5.02 Å². The van der Waals surface area contributed by atoms with Crippen LogP contribution >= 0.6 is 27.5 Å². The van der Waals surface area contributed by atoms with Gasteiger partial charge in [-0.1, -0.05) is 39.7 Å². The maximum Gasteiger partial charge on any atom is 0.276 e. The lowest BCUT2D eigenvalue weighted by atomic mass is 10.1. The number of carbonyl (C=O) groups excluding carboxylic acids is 2. The van der Waals surface area contributed by atoms with Crippen molar-refractivity contribution in [2.75, 3.05) is 5.32 Å². The number of anilines is 1. The van der Waals surface area contributed by atoms with Gasteiger partial charge in [-0.2, -0.15) is 5.10 Å². The summed E-state index contributed by atoms with van der Waals surface area (Å²) < 4.78 is 0.829. The van der Waals surface area contributed by atoms with Crippen molar-refractivity contribution in [1.82, 2.24) is 5.43 Å². The van der Waals surface area contributed by atoms with Crippen LogP contribution in [0.15, 0.2) is 46.0 Å². The van der Waals surface area contributed by atoms with E-state index in [4.69, 9.17) is 11.6 Å². The first kappa shape index (κ1) is 15.7. The first-order valence-corrected chi connectivity index (χ1v) is 7.89. The van der Waals surface area contributed by atoms with Crippen LogP contribution in [-0.2, 0) is 4.79 Å². The molecule has 5 nitrogen and oxygen atoms in total. The Bertz CT molecular complexity index is 864. The van der Waals surface area contributed by atoms with Crippen molar-refractivity contribution < 1.29 is 9.59 Å². The van der Waals surface area contributed by atoms with Gasteiger partial charge in [-0.25, -0.2) is 5.43 Å². The lowest BCUT2D eigenvalue weighted by molar-refractivity contribution is -0.110. The number of rotatable bonds is 2. The van der Waals surface area contributed by atoms with Gasteiger partial charge in [-0.15, -0.1) is 0 Å². The Kier molecular flexibility index (Phi) is 4.19. The predicted molar refractivity (Wildman–Crippen MR) is 93.0 cm³/mol. The number of aryl methyl sites for hydroxylation is 1. The quantitative estimate of drug-likeness (QED) is 0.768. The van der Waals surface area contributed by atoms with Gasteiger partial charge in [0.05, 0.1) is 16.3 Å². The standard InChI is InChI=1S/C16H11BrClN3O2/c1-8-6-9(17)7-11-13(8)19-16(23)14(11)20-21-15(22)10-4-2-3-5-12(10)18/h2-7H,1H3,(H,21,22)(H,19,20,23). The number of halogens is 2. The largest absolute Gasteiger partial charge is 0.320 e. The Morgan fingerprint density at radius 2 is 2.04 bits per heavy atom. The highest BCUT2D eigenvalue weighted by molar-refractivity contribution is 9.10. The second kappa shape index (κ2) is 6.14. The average molecular weight is 393 g/mol. The van der Waals surface area contributed by atoms with Gasteiger partial charge in [0.25, 0.3) is 11.8 Å². The summed E-state index contributed by atoms with van der Waals surface area (Å²) in [5.41, 5.74) is 5.08. The van der Waals surface area contributed by atoms with Gasteiger partial charge in [0.2, 0.25) is 0 Å². The van der Waals surface area contributed by atoms with E-state index >= 15 is 0 Å². The molecule has 0 aromatic heterocycles. The fraction of sp³-hybridized carbons (Fsp3) is 0.0625. The zero-order chi connectivity index (χ0) is 16.6. The van der Waals surface area contributed by atoms with E-state index in [1.807, 2.05) is 13.0 Å². The first-order chi connectivity index (χ1) is 11.0. The van der Waals surface area contributed by atoms with Gasteiger partial charge in [-0.3, -0.25) is 9.59 Å². The van der Waals surface area contributed by atoms with E-state index in [1.54, 1.807) is 30.3 Å². The Morgan fingerprint density at radius 1 is 1.30 bits per heavy atom. The molecule has 0 saturated carbocycles. The molecule has 1 aliphatic heterocycles. The molecule has 116 valence electrons. The van der Waals surface area contributed by atoms with Crippen LogP contribution in [0, 0.1) is 6.92 Å². The van der Waals surface area contributed by atoms with Crippen molar-refractivity contribution >= 4 is 50.7 Å². The van der Waals surface area contributed by atoms with Gasteiger partial charge in [0.15, 0.2) is 5.71 Å². The molecule has 2 amide bonds. The number of amides is 2. The molecule has 0 atom stereocenters. The zero-order valence-electron chi connectivity index (χ0n) is 12.0. The molecule has 3 rings (SSSR count). The van der Waals surface area contributed by atoms with E-state index in [0.717, 1.165) is 10.0 Å². The number of hydrazone groups is 1. The SMILES string of the molecule is Cc1cc(Br)cc2c1NC(=O)/C2=N\NC(=O)c1ccccc1Cl. The Balaban J connectivity index is 1.92. The van der Waals surface area contributed by atoms with Crippen LogP contribution < -0.4 is 10.7 Å². The third-order valence-corrected chi connectivity index (χ3v) is 4.18. The lowest BCUT2D eigenvalue weighted by Crippen LogP contribution is -2.23. The lowest BCUT2D eigenvalue weighted by Gasteiger charge is -2.04. The van der Waals surface area contributed by atoms with Crippen molar-refractivity contribution in [1.29, 1.82) is 0 Å². The highest BCUT2D eigenvalue weighted by atomic mass is 79.9. The van der Waals surface area contributed by atoms with E-state index in [-0.39, 0.29) is 11.6 Å². The predicted octanol–water partition coefficient (Wildman–Crippen LogP) is 3.50. The molecular formula is C16H11BrClN3O2. The molecule has 7 heteroatoms. The molecule has 0 aliphatic carbocycles. The van der Waals surface area contributed by atoms with Crippen molar-refractivity contribution in [3.63, 3.8) is 0 Å². The van der Waals surface area contributed by atoms with Crippen LogP contribution in [0.1, 0.15) is 21.5 Å². The molecule has 2 aromatic carbocycles. The second-order valence-electron chi connectivity index (χ2n) is 4.98. The minimum absolute atomic E-state index is 0.157. The number of nitrogens with zero attached hydrogens (tertiary/aromatic N) is 1. The summed E-state index contributed by atoms with van der Waals surface area (Å²) in [6.45, 7) is 1.88. The van der Waals surface area contributed by atoms with E-state index in [9.17, 15) is 9.59 Å². The minimum atomic E-state index is -0.476. The molecule has 0 fully saturated rings. The van der Waals surface area contributed by atoms with E-state index in [1.165, 1.54) is 0 Å². The summed E-state index contributed by atoms with van der Waals surface area (Å²) in [6, 6.07) is 10.3. The van der Waals surface area contributed by atoms with Gasteiger partial charge in [-0.05, 0) is 36.8 Å². The van der Waals surface area contributed by atoms with Crippen LogP contribution in [0.4, 0.5) is 5.69 Å². The van der Waals surface area contributed by atoms with E-state index < -0.39 is 5.91 Å². The highest BCUT2D eigenvalue weighted by Crippen LogP contribution is 2.30. The average Bonchev–Trinajstić information content (AvgIpc) is 2.81. The molecule has 2 aromatic rings. The molecular weight excluding hydrogens is 382 g/mol. The molecule has 1 aliphatic rings. The summed E-state index contributed by atoms with van der Waals surface area (Å²) in [5.74, 6) is -0.836. The van der Waals surface area contributed by atoms with Gasteiger partial charge >= 0.3 is 0 Å². The van der Waals surface area contributed by atoms with Crippen molar-refractivity contribution in [3.8, 4) is 0 Å². The van der Waals surface area contributed by atoms with E-state index in [2.05, 4.69) is 31.8 Å². The third-order valence-electron chi connectivity index (χ3n) is 3.40. The molecule has 1 heterocycles. The number of nitrogens with one attached hydrogen (secondary N) is 2. The summed E-state index contributed by atoms with van der Waals surface area (Å²) in [5, 5.41) is 7.04. The normalized spacial score (nSPS) is 14.6. The van der Waals surface area contributed by atoms with Crippen molar-refractivity contribution in [2.24, 2.45) is 5.10 Å². The zero-order valence-corrected chi connectivity index (χ0v) is 14.3. The second-order valence-corrected chi connectivity index (χ2v) is 6.30. The van der Waals surface area contributed by atoms with Gasteiger partial charge in [0.1, 0.15) is 0 Å². The summed E-state index contributed by atoms with van der Waals surface area (Å²) in [4.78, 5) is 24.2. The first-order valence-electron chi connectivity index (χ1n) is 6.72.